The van der Waals surface area contributed by atoms with Crippen molar-refractivity contribution >= 4 is 22.6 Å². The third-order valence-electron chi connectivity index (χ3n) is 5.52. The van der Waals surface area contributed by atoms with E-state index < -0.39 is 11.6 Å². The van der Waals surface area contributed by atoms with Crippen molar-refractivity contribution in [3.05, 3.63) is 82.2 Å². The molecule has 0 atom stereocenters. The first kappa shape index (κ1) is 22.9. The summed E-state index contributed by atoms with van der Waals surface area (Å²) in [4.78, 5) is 24.6. The summed E-state index contributed by atoms with van der Waals surface area (Å²) in [5, 5.41) is 15.2. The van der Waals surface area contributed by atoms with E-state index in [1.54, 1.807) is 17.4 Å². The summed E-state index contributed by atoms with van der Waals surface area (Å²) in [6, 6.07) is 16.8. The van der Waals surface area contributed by atoms with Crippen molar-refractivity contribution in [3.8, 4) is 28.4 Å². The monoisotopic (exact) mass is 461 g/mol. The van der Waals surface area contributed by atoms with E-state index in [1.807, 2.05) is 30.3 Å². The Bertz CT molecular complexity index is 1410. The second-order valence-electron chi connectivity index (χ2n) is 7.50. The van der Waals surface area contributed by atoms with Crippen molar-refractivity contribution < 1.29 is 33.8 Å². The van der Waals surface area contributed by atoms with E-state index in [-0.39, 0.29) is 17.9 Å². The number of fused-ring (bicyclic) bond motifs is 1. The van der Waals surface area contributed by atoms with E-state index >= 15 is 0 Å². The van der Waals surface area contributed by atoms with Crippen LogP contribution in [0.3, 0.4) is 0 Å². The molecule has 1 heterocycles. The molecule has 0 bridgehead atoms. The van der Waals surface area contributed by atoms with Crippen LogP contribution in [0.5, 0.6) is 17.2 Å². The summed E-state index contributed by atoms with van der Waals surface area (Å²) in [6.07, 6.45) is 0. The van der Waals surface area contributed by atoms with Crippen molar-refractivity contribution in [3.63, 3.8) is 0 Å². The molecule has 0 aliphatic carbocycles. The van der Waals surface area contributed by atoms with Crippen molar-refractivity contribution in [2.75, 3.05) is 21.3 Å². The van der Waals surface area contributed by atoms with Gasteiger partial charge in [-0.3, -0.25) is 0 Å². The number of benzene rings is 3. The van der Waals surface area contributed by atoms with Crippen molar-refractivity contribution in [1.29, 1.82) is 0 Å². The molecule has 0 saturated heterocycles. The summed E-state index contributed by atoms with van der Waals surface area (Å²) in [5.74, 6) is 0.0950. The average molecular weight is 461 g/mol. The zero-order valence-electron chi connectivity index (χ0n) is 18.9. The summed E-state index contributed by atoms with van der Waals surface area (Å²) in [5.41, 5.74) is 2.38. The topological polar surface area (TPSA) is 115 Å². The molecule has 3 aromatic carbocycles. The lowest BCUT2D eigenvalue weighted by Gasteiger charge is -2.16. The molecule has 34 heavy (non-hydrogen) atoms. The lowest BCUT2D eigenvalue weighted by Crippen LogP contribution is -2.76. The van der Waals surface area contributed by atoms with E-state index in [0.717, 1.165) is 5.56 Å². The molecule has 0 aliphatic heterocycles. The largest absolute Gasteiger partial charge is 0.872 e. The molecule has 0 radical (unpaired) electrons. The number of hydrogen-bond donors (Lipinski definition) is 1. The van der Waals surface area contributed by atoms with E-state index in [2.05, 4.69) is 0 Å². The lowest BCUT2D eigenvalue weighted by atomic mass is 10.0. The highest BCUT2D eigenvalue weighted by molar-refractivity contribution is 5.95. The number of carbonyl (C=O) groups is 1. The Kier molecular flexibility index (Phi) is 6.51. The molecule has 0 aliphatic rings. The van der Waals surface area contributed by atoms with Crippen molar-refractivity contribution in [1.82, 2.24) is 0 Å². The summed E-state index contributed by atoms with van der Waals surface area (Å²) in [7, 11) is 4.26. The number of hydrogen-bond acceptors (Lipinski definition) is 7. The van der Waals surface area contributed by atoms with Gasteiger partial charge >= 0.3 is 11.6 Å². The van der Waals surface area contributed by atoms with E-state index in [1.165, 1.54) is 39.5 Å². The third kappa shape index (κ3) is 4.44. The lowest BCUT2D eigenvalue weighted by molar-refractivity contribution is -0.588. The summed E-state index contributed by atoms with van der Waals surface area (Å²) >= 11 is 0. The molecule has 0 fully saturated rings. The average Bonchev–Trinajstić information content (AvgIpc) is 2.86. The fourth-order valence-corrected chi connectivity index (χ4v) is 3.84. The first-order chi connectivity index (χ1) is 16.4. The third-order valence-corrected chi connectivity index (χ3v) is 5.52. The highest BCUT2D eigenvalue weighted by Gasteiger charge is 2.21. The number of quaternary nitrogens is 1. The number of carbonyl (C=O) groups excluding carboxylic acids is 1. The molecule has 0 unspecified atom stereocenters. The van der Waals surface area contributed by atoms with Gasteiger partial charge in [-0.2, -0.15) is 0 Å². The van der Waals surface area contributed by atoms with Gasteiger partial charge in [0, 0.05) is 29.1 Å². The predicted octanol–water partition coefficient (Wildman–Crippen LogP) is 2.73. The minimum atomic E-state index is -0.543. The molecule has 0 saturated carbocycles. The Labute approximate surface area is 195 Å². The molecule has 4 aromatic rings. The van der Waals surface area contributed by atoms with Crippen LogP contribution in [0, 0.1) is 0 Å². The molecule has 4 rings (SSSR count). The van der Waals surface area contributed by atoms with Crippen LogP contribution in [0.25, 0.3) is 22.1 Å². The van der Waals surface area contributed by atoms with E-state index in [0.29, 0.717) is 39.3 Å². The van der Waals surface area contributed by atoms with Crippen LogP contribution in [-0.2, 0) is 11.3 Å². The Hall–Kier alpha value is -4.30. The van der Waals surface area contributed by atoms with Gasteiger partial charge in [-0.15, -0.1) is 5.75 Å². The summed E-state index contributed by atoms with van der Waals surface area (Å²) in [6.45, 7) is 0.256. The van der Waals surface area contributed by atoms with Crippen LogP contribution in [0.1, 0.15) is 15.9 Å². The fourth-order valence-electron chi connectivity index (χ4n) is 3.84. The molecule has 8 heteroatoms. The molecule has 2 N–H and O–H groups in total. The highest BCUT2D eigenvalue weighted by Crippen LogP contribution is 2.33. The van der Waals surface area contributed by atoms with Gasteiger partial charge in [-0.1, -0.05) is 36.4 Å². The zero-order chi connectivity index (χ0) is 24.2. The molecule has 8 nitrogen and oxygen atoms in total. The Morgan fingerprint density at radius 1 is 0.971 bits per heavy atom. The number of nitrogens with two attached hydrogens (primary N) is 1. The predicted molar refractivity (Wildman–Crippen MR) is 124 cm³/mol. The quantitative estimate of drug-likeness (QED) is 0.256. The second kappa shape index (κ2) is 9.68. The van der Waals surface area contributed by atoms with Gasteiger partial charge in [0.2, 0.25) is 0 Å². The Morgan fingerprint density at radius 3 is 2.35 bits per heavy atom. The minimum absolute atomic E-state index is 0.185. The van der Waals surface area contributed by atoms with Gasteiger partial charge in [-0.25, -0.2) is 9.59 Å². The smallest absolute Gasteiger partial charge is 0.344 e. The Balaban J connectivity index is 1.75. The summed E-state index contributed by atoms with van der Waals surface area (Å²) < 4.78 is 20.9. The SMILES string of the molecule is COC(=O)c1cc(OC)c(OC)cc1[NH2+]Cc1cc(=O)oc2cc(-c3ccccc3)c([O-])cc12. The number of methoxy groups -OCH3 is 3. The van der Waals surface area contributed by atoms with Crippen molar-refractivity contribution in [2.24, 2.45) is 0 Å². The molecule has 174 valence electrons. The van der Waals surface area contributed by atoms with Gasteiger partial charge in [0.05, 0.1) is 21.3 Å². The molecular formula is C26H23NO7. The normalized spacial score (nSPS) is 10.8. The standard InChI is InChI=1S/C26H23NO7/c1-31-23-12-19(26(30)33-3)20(13-24(23)32-2)27-14-16-9-25(29)34-22-11-17(21(28)10-18(16)22)15-7-5-4-6-8-15/h4-13,27-28H,14H2,1-3H3. The Morgan fingerprint density at radius 2 is 1.68 bits per heavy atom. The van der Waals surface area contributed by atoms with Gasteiger partial charge in [0.15, 0.2) is 11.5 Å². The maximum atomic E-state index is 12.9. The number of ether oxygens (including phenoxy) is 3. The van der Waals surface area contributed by atoms with Crippen LogP contribution >= 0.6 is 0 Å². The zero-order valence-corrected chi connectivity index (χ0v) is 18.9. The van der Waals surface area contributed by atoms with Gasteiger partial charge in [-0.05, 0) is 17.2 Å². The van der Waals surface area contributed by atoms with E-state index in [4.69, 9.17) is 18.6 Å². The van der Waals surface area contributed by atoms with Crippen LogP contribution in [-0.4, -0.2) is 27.3 Å². The molecule has 0 spiro atoms. The van der Waals surface area contributed by atoms with Crippen LogP contribution in [0.15, 0.2) is 69.9 Å². The fraction of sp³-hybridized carbons (Fsp3) is 0.154. The van der Waals surface area contributed by atoms with Crippen LogP contribution in [0.4, 0.5) is 5.69 Å². The molecule has 0 amide bonds. The minimum Gasteiger partial charge on any atom is -0.872 e. The van der Waals surface area contributed by atoms with Gasteiger partial charge in [0.1, 0.15) is 23.4 Å². The second-order valence-corrected chi connectivity index (χ2v) is 7.50. The highest BCUT2D eigenvalue weighted by atomic mass is 16.5. The van der Waals surface area contributed by atoms with Gasteiger partial charge < -0.3 is 29.1 Å². The maximum Gasteiger partial charge on any atom is 0.344 e. The molecule has 1 aromatic heterocycles. The first-order valence-electron chi connectivity index (χ1n) is 10.5. The number of esters is 1. The van der Waals surface area contributed by atoms with E-state index in [9.17, 15) is 14.7 Å². The van der Waals surface area contributed by atoms with Crippen molar-refractivity contribution in [2.45, 2.75) is 6.54 Å². The maximum absolute atomic E-state index is 12.9. The molecular weight excluding hydrogens is 438 g/mol. The van der Waals surface area contributed by atoms with Crippen LogP contribution in [0.2, 0.25) is 0 Å². The van der Waals surface area contributed by atoms with Gasteiger partial charge in [0.25, 0.3) is 0 Å². The number of rotatable bonds is 7. The first-order valence-corrected chi connectivity index (χ1v) is 10.5. The van der Waals surface area contributed by atoms with Crippen LogP contribution < -0.4 is 25.5 Å².